The van der Waals surface area contributed by atoms with Gasteiger partial charge in [-0.15, -0.1) is 0 Å². The van der Waals surface area contributed by atoms with Gasteiger partial charge in [0.2, 0.25) is 11.9 Å². The summed E-state index contributed by atoms with van der Waals surface area (Å²) in [5.41, 5.74) is 5.04. The molecule has 178 valence electrons. The fourth-order valence-electron chi connectivity index (χ4n) is 3.43. The van der Waals surface area contributed by atoms with Crippen LogP contribution in [0.5, 0.6) is 0 Å². The number of aliphatic imine (C=N–C) groups is 1. The van der Waals surface area contributed by atoms with Gasteiger partial charge in [0, 0.05) is 42.2 Å². The lowest BCUT2D eigenvalue weighted by Gasteiger charge is -2.13. The molecule has 1 aromatic heterocycles. The number of benzene rings is 2. The van der Waals surface area contributed by atoms with Crippen LogP contribution in [0, 0.1) is 6.92 Å². The summed E-state index contributed by atoms with van der Waals surface area (Å²) in [5, 5.41) is 13.4. The molecular weight excluding hydrogens is 428 g/mol. The minimum Gasteiger partial charge on any atom is -0.326 e. The average Bonchev–Trinajstić information content (AvgIpc) is 3.16. The smallest absolute Gasteiger partial charge is 0.257 e. The molecule has 0 aliphatic carbocycles. The van der Waals surface area contributed by atoms with Crippen LogP contribution in [0.15, 0.2) is 59.7 Å². The van der Waals surface area contributed by atoms with E-state index in [2.05, 4.69) is 46.0 Å². The predicted molar refractivity (Wildman–Crippen MR) is 136 cm³/mol. The number of rotatable bonds is 8. The number of anilines is 2. The SMILES string of the molecule is CCCn1cc(CN=C(NC(=O)c2ccc(NC(C)=O)cc2)Nc2cccc(CC)c2)c(C)n1. The van der Waals surface area contributed by atoms with Gasteiger partial charge < -0.3 is 10.6 Å². The lowest BCUT2D eigenvalue weighted by molar-refractivity contribution is -0.114. The Hall–Kier alpha value is -3.94. The minimum absolute atomic E-state index is 0.164. The summed E-state index contributed by atoms with van der Waals surface area (Å²) in [6.07, 6.45) is 3.91. The molecule has 0 radical (unpaired) electrons. The predicted octanol–water partition coefficient (Wildman–Crippen LogP) is 4.52. The lowest BCUT2D eigenvalue weighted by atomic mass is 10.1. The topological polar surface area (TPSA) is 100 Å². The minimum atomic E-state index is -0.300. The number of carbonyl (C=O) groups excluding carboxylic acids is 2. The molecule has 3 aromatic rings. The van der Waals surface area contributed by atoms with E-state index in [1.54, 1.807) is 24.3 Å². The van der Waals surface area contributed by atoms with Crippen LogP contribution >= 0.6 is 0 Å². The van der Waals surface area contributed by atoms with Gasteiger partial charge in [-0.25, -0.2) is 4.99 Å². The molecule has 2 aromatic carbocycles. The highest BCUT2D eigenvalue weighted by Gasteiger charge is 2.11. The summed E-state index contributed by atoms with van der Waals surface area (Å²) < 4.78 is 1.92. The van der Waals surface area contributed by atoms with Crippen molar-refractivity contribution in [3.63, 3.8) is 0 Å². The Morgan fingerprint density at radius 3 is 2.47 bits per heavy atom. The Labute approximate surface area is 200 Å². The van der Waals surface area contributed by atoms with Gasteiger partial charge in [-0.3, -0.25) is 19.6 Å². The molecule has 2 amide bonds. The highest BCUT2D eigenvalue weighted by molar-refractivity contribution is 6.10. The van der Waals surface area contributed by atoms with E-state index in [9.17, 15) is 9.59 Å². The molecule has 0 aliphatic rings. The fourth-order valence-corrected chi connectivity index (χ4v) is 3.43. The van der Waals surface area contributed by atoms with Crippen molar-refractivity contribution in [2.75, 3.05) is 10.6 Å². The number of hydrogen-bond donors (Lipinski definition) is 3. The van der Waals surface area contributed by atoms with Gasteiger partial charge in [0.25, 0.3) is 5.91 Å². The molecule has 0 fully saturated rings. The van der Waals surface area contributed by atoms with Crippen LogP contribution in [-0.4, -0.2) is 27.6 Å². The molecule has 8 nitrogen and oxygen atoms in total. The van der Waals surface area contributed by atoms with Gasteiger partial charge in [-0.1, -0.05) is 26.0 Å². The number of hydrogen-bond acceptors (Lipinski definition) is 4. The van der Waals surface area contributed by atoms with Crippen LogP contribution < -0.4 is 16.0 Å². The van der Waals surface area contributed by atoms with E-state index in [1.165, 1.54) is 12.5 Å². The van der Waals surface area contributed by atoms with E-state index in [0.717, 1.165) is 36.3 Å². The second-order valence-corrected chi connectivity index (χ2v) is 8.06. The first-order chi connectivity index (χ1) is 16.4. The quantitative estimate of drug-likeness (QED) is 0.340. The van der Waals surface area contributed by atoms with Gasteiger partial charge in [-0.05, 0) is 61.7 Å². The summed E-state index contributed by atoms with van der Waals surface area (Å²) in [6.45, 7) is 8.84. The number of aromatic nitrogens is 2. The third-order valence-electron chi connectivity index (χ3n) is 5.21. The van der Waals surface area contributed by atoms with Crippen molar-refractivity contribution in [2.24, 2.45) is 4.99 Å². The van der Waals surface area contributed by atoms with Crippen molar-refractivity contribution in [3.05, 3.63) is 77.1 Å². The van der Waals surface area contributed by atoms with E-state index in [4.69, 9.17) is 0 Å². The molecular formula is C26H32N6O2. The molecule has 3 rings (SSSR count). The average molecular weight is 461 g/mol. The van der Waals surface area contributed by atoms with E-state index in [0.29, 0.717) is 23.8 Å². The van der Waals surface area contributed by atoms with Crippen LogP contribution in [0.3, 0.4) is 0 Å². The van der Waals surface area contributed by atoms with Crippen molar-refractivity contribution < 1.29 is 9.59 Å². The molecule has 0 unspecified atom stereocenters. The summed E-state index contributed by atoms with van der Waals surface area (Å²) in [7, 11) is 0. The summed E-state index contributed by atoms with van der Waals surface area (Å²) in [5.74, 6) is -0.111. The number of guanidine groups is 1. The van der Waals surface area contributed by atoms with Crippen molar-refractivity contribution in [3.8, 4) is 0 Å². The Bertz CT molecular complexity index is 1160. The molecule has 0 bridgehead atoms. The van der Waals surface area contributed by atoms with Crippen molar-refractivity contribution in [1.82, 2.24) is 15.1 Å². The fraction of sp³-hybridized carbons (Fsp3) is 0.308. The normalized spacial score (nSPS) is 11.2. The third kappa shape index (κ3) is 7.03. The second kappa shape index (κ2) is 11.8. The van der Waals surface area contributed by atoms with Gasteiger partial charge in [0.05, 0.1) is 12.2 Å². The molecule has 0 aliphatic heterocycles. The van der Waals surface area contributed by atoms with Gasteiger partial charge in [0.1, 0.15) is 0 Å². The monoisotopic (exact) mass is 460 g/mol. The molecule has 8 heteroatoms. The first-order valence-corrected chi connectivity index (χ1v) is 11.5. The molecule has 34 heavy (non-hydrogen) atoms. The third-order valence-corrected chi connectivity index (χ3v) is 5.21. The van der Waals surface area contributed by atoms with Crippen LogP contribution in [0.1, 0.15) is 54.4 Å². The zero-order chi connectivity index (χ0) is 24.5. The molecule has 3 N–H and O–H groups in total. The van der Waals surface area contributed by atoms with Crippen LogP contribution in [-0.2, 0) is 24.3 Å². The maximum absolute atomic E-state index is 12.9. The molecule has 0 saturated carbocycles. The molecule has 0 saturated heterocycles. The lowest BCUT2D eigenvalue weighted by Crippen LogP contribution is -2.36. The van der Waals surface area contributed by atoms with Crippen molar-refractivity contribution in [2.45, 2.75) is 53.6 Å². The Morgan fingerprint density at radius 1 is 1.03 bits per heavy atom. The van der Waals surface area contributed by atoms with Gasteiger partial charge in [-0.2, -0.15) is 5.10 Å². The van der Waals surface area contributed by atoms with Crippen LogP contribution in [0.2, 0.25) is 0 Å². The number of amides is 2. The summed E-state index contributed by atoms with van der Waals surface area (Å²) >= 11 is 0. The second-order valence-electron chi connectivity index (χ2n) is 8.06. The van der Waals surface area contributed by atoms with E-state index >= 15 is 0 Å². The zero-order valence-electron chi connectivity index (χ0n) is 20.2. The van der Waals surface area contributed by atoms with E-state index < -0.39 is 0 Å². The van der Waals surface area contributed by atoms with Gasteiger partial charge >= 0.3 is 0 Å². The van der Waals surface area contributed by atoms with E-state index in [1.807, 2.05) is 36.0 Å². The standard InChI is InChI=1S/C26H32N6O2/c1-5-14-32-17-22(18(3)31-32)16-27-26(29-24-9-7-8-20(6-2)15-24)30-25(34)21-10-12-23(13-11-21)28-19(4)33/h7-13,15,17H,5-6,14,16H2,1-4H3,(H,28,33)(H2,27,29,30,34). The highest BCUT2D eigenvalue weighted by Crippen LogP contribution is 2.13. The van der Waals surface area contributed by atoms with Crippen LogP contribution in [0.4, 0.5) is 11.4 Å². The highest BCUT2D eigenvalue weighted by atomic mass is 16.2. The van der Waals surface area contributed by atoms with Crippen molar-refractivity contribution >= 4 is 29.1 Å². The number of aryl methyl sites for hydroxylation is 3. The van der Waals surface area contributed by atoms with Gasteiger partial charge in [0.15, 0.2) is 0 Å². The van der Waals surface area contributed by atoms with E-state index in [-0.39, 0.29) is 11.8 Å². The Balaban J connectivity index is 1.81. The number of carbonyl (C=O) groups is 2. The molecule has 1 heterocycles. The molecule has 0 atom stereocenters. The Kier molecular flexibility index (Phi) is 8.56. The summed E-state index contributed by atoms with van der Waals surface area (Å²) in [6, 6.07) is 14.7. The first kappa shape index (κ1) is 24.7. The summed E-state index contributed by atoms with van der Waals surface area (Å²) in [4.78, 5) is 28.8. The maximum atomic E-state index is 12.9. The number of nitrogens with one attached hydrogen (secondary N) is 3. The van der Waals surface area contributed by atoms with Crippen LogP contribution in [0.25, 0.3) is 0 Å². The first-order valence-electron chi connectivity index (χ1n) is 11.5. The maximum Gasteiger partial charge on any atom is 0.257 e. The largest absolute Gasteiger partial charge is 0.326 e. The Morgan fingerprint density at radius 2 is 1.79 bits per heavy atom. The molecule has 0 spiro atoms. The zero-order valence-corrected chi connectivity index (χ0v) is 20.2. The van der Waals surface area contributed by atoms with Crippen molar-refractivity contribution in [1.29, 1.82) is 0 Å². The number of nitrogens with zero attached hydrogens (tertiary/aromatic N) is 3.